The zero-order chi connectivity index (χ0) is 35.3. The minimum Gasteiger partial charge on any atom is -0.494 e. The number of likely N-dealkylation sites (N-methyl/N-ethyl adjacent to an activating group) is 1. The number of rotatable bonds is 14. The molecule has 6 aromatic rings. The summed E-state index contributed by atoms with van der Waals surface area (Å²) in [4.78, 5) is 36.4. The van der Waals surface area contributed by atoms with Gasteiger partial charge in [0.1, 0.15) is 17.4 Å². The van der Waals surface area contributed by atoms with Gasteiger partial charge in [-0.05, 0) is 94.4 Å². The maximum Gasteiger partial charge on any atom is 0.220 e. The number of aromatic amines is 2. The summed E-state index contributed by atoms with van der Waals surface area (Å²) in [5.41, 5.74) is 7.99. The van der Waals surface area contributed by atoms with Crippen LogP contribution >= 0.6 is 0 Å². The highest BCUT2D eigenvalue weighted by molar-refractivity contribution is 5.87. The Labute approximate surface area is 303 Å². The lowest BCUT2D eigenvalue weighted by molar-refractivity contribution is -0.121. The number of carbonyl (C=O) groups is 1. The van der Waals surface area contributed by atoms with Gasteiger partial charge in [-0.1, -0.05) is 17.3 Å². The molecule has 3 aromatic heterocycles. The highest BCUT2D eigenvalue weighted by Crippen LogP contribution is 2.29. The molecular weight excluding hydrogens is 655 g/mol. The van der Waals surface area contributed by atoms with E-state index in [-0.39, 0.29) is 5.91 Å². The minimum atomic E-state index is 0.0327. The molecule has 3 N–H and O–H groups in total. The van der Waals surface area contributed by atoms with Crippen molar-refractivity contribution in [3.8, 4) is 28.5 Å². The average molecular weight is 702 g/mol. The molecule has 13 heteroatoms. The Balaban J connectivity index is 0.805. The first-order valence-electron chi connectivity index (χ1n) is 18.6. The Morgan fingerprint density at radius 1 is 0.846 bits per heavy atom. The molecule has 8 rings (SSSR count). The van der Waals surface area contributed by atoms with Crippen LogP contribution in [0.5, 0.6) is 5.75 Å². The molecule has 270 valence electrons. The number of piperazine rings is 1. The predicted octanol–water partition coefficient (Wildman–Crippen LogP) is 5.08. The van der Waals surface area contributed by atoms with E-state index in [1.807, 2.05) is 41.2 Å². The van der Waals surface area contributed by atoms with Gasteiger partial charge in [-0.2, -0.15) is 0 Å². The standard InChI is InChI=1S/C39H47N11O2/c1-47-18-20-49(21-19-47)31-11-13-34-36(25-31)44-39(42-34)29-10-12-33-35(24-29)43-38(41-33)28-7-4-8-32(23-28)52-22-5-9-37(51)40-14-6-17-50-27-30(45-46-50)26-48-15-2-3-16-48/h4,7-8,10-13,23-25,27H,2-3,5-6,9,14-22,26H2,1H3,(H,40,51)(H,41,43)(H,42,44). The van der Waals surface area contributed by atoms with Crippen molar-refractivity contribution in [1.82, 2.24) is 50.0 Å². The van der Waals surface area contributed by atoms with Crippen molar-refractivity contribution in [2.75, 3.05) is 64.4 Å². The number of imidazole rings is 2. The number of aryl methyl sites for hydroxylation is 1. The molecule has 0 spiro atoms. The van der Waals surface area contributed by atoms with E-state index < -0.39 is 0 Å². The number of likely N-dealkylation sites (tertiary alicyclic amines) is 1. The Hall–Kier alpha value is -5.27. The highest BCUT2D eigenvalue weighted by Gasteiger charge is 2.17. The van der Waals surface area contributed by atoms with E-state index in [9.17, 15) is 4.79 Å². The van der Waals surface area contributed by atoms with Gasteiger partial charge in [0.2, 0.25) is 5.91 Å². The fourth-order valence-corrected chi connectivity index (χ4v) is 7.09. The first-order valence-corrected chi connectivity index (χ1v) is 18.6. The van der Waals surface area contributed by atoms with Crippen molar-refractivity contribution in [3.05, 3.63) is 72.6 Å². The van der Waals surface area contributed by atoms with Crippen LogP contribution < -0.4 is 15.0 Å². The number of aromatic nitrogens is 7. The summed E-state index contributed by atoms with van der Waals surface area (Å²) < 4.78 is 7.89. The summed E-state index contributed by atoms with van der Waals surface area (Å²) in [5.74, 6) is 2.38. The van der Waals surface area contributed by atoms with Crippen LogP contribution in [0.15, 0.2) is 66.9 Å². The van der Waals surface area contributed by atoms with Gasteiger partial charge < -0.3 is 29.8 Å². The van der Waals surface area contributed by atoms with Crippen molar-refractivity contribution in [3.63, 3.8) is 0 Å². The zero-order valence-electron chi connectivity index (χ0n) is 29.9. The molecular formula is C39H47N11O2. The van der Waals surface area contributed by atoms with E-state index in [4.69, 9.17) is 14.7 Å². The molecule has 1 amide bonds. The topological polar surface area (TPSA) is 136 Å². The van der Waals surface area contributed by atoms with E-state index in [0.717, 1.165) is 115 Å². The van der Waals surface area contributed by atoms with Crippen molar-refractivity contribution >= 4 is 33.7 Å². The van der Waals surface area contributed by atoms with Crippen LogP contribution in [-0.2, 0) is 17.9 Å². The minimum absolute atomic E-state index is 0.0327. The maximum absolute atomic E-state index is 12.4. The second-order valence-corrected chi connectivity index (χ2v) is 14.0. The SMILES string of the molecule is CN1CCN(c2ccc3nc(-c4ccc5nc(-c6cccc(OCCCC(=O)NCCCn7cc(CN8CCCC8)nn7)c6)[nH]c5c4)[nH]c3c2)CC1. The number of amides is 1. The van der Waals surface area contributed by atoms with Crippen molar-refractivity contribution in [2.45, 2.75) is 45.2 Å². The number of carbonyl (C=O) groups excluding carboxylic acids is 1. The Bertz CT molecular complexity index is 2120. The Kier molecular flexibility index (Phi) is 10.1. The van der Waals surface area contributed by atoms with Crippen LogP contribution in [0.1, 0.15) is 37.8 Å². The largest absolute Gasteiger partial charge is 0.494 e. The first kappa shape index (κ1) is 33.9. The van der Waals surface area contributed by atoms with E-state index >= 15 is 0 Å². The molecule has 5 heterocycles. The first-order chi connectivity index (χ1) is 25.5. The Morgan fingerprint density at radius 3 is 2.40 bits per heavy atom. The highest BCUT2D eigenvalue weighted by atomic mass is 16.5. The number of nitrogens with one attached hydrogen (secondary N) is 3. The monoisotopic (exact) mass is 701 g/mol. The normalized spacial score (nSPS) is 15.6. The van der Waals surface area contributed by atoms with E-state index in [1.165, 1.54) is 18.5 Å². The molecule has 3 aromatic carbocycles. The van der Waals surface area contributed by atoms with Crippen molar-refractivity contribution < 1.29 is 9.53 Å². The molecule has 52 heavy (non-hydrogen) atoms. The lowest BCUT2D eigenvalue weighted by Crippen LogP contribution is -2.44. The van der Waals surface area contributed by atoms with Gasteiger partial charge in [-0.25, -0.2) is 9.97 Å². The van der Waals surface area contributed by atoms with Crippen LogP contribution in [0, 0.1) is 0 Å². The summed E-state index contributed by atoms with van der Waals surface area (Å²) in [5, 5.41) is 11.5. The number of anilines is 1. The van der Waals surface area contributed by atoms with Gasteiger partial charge in [-0.15, -0.1) is 5.10 Å². The van der Waals surface area contributed by atoms with Crippen LogP contribution in [0.4, 0.5) is 5.69 Å². The van der Waals surface area contributed by atoms with E-state index in [1.54, 1.807) is 0 Å². The van der Waals surface area contributed by atoms with Gasteiger partial charge in [0.15, 0.2) is 0 Å². The number of hydrogen-bond donors (Lipinski definition) is 3. The van der Waals surface area contributed by atoms with Gasteiger partial charge >= 0.3 is 0 Å². The smallest absolute Gasteiger partial charge is 0.220 e. The number of hydrogen-bond acceptors (Lipinski definition) is 9. The zero-order valence-corrected chi connectivity index (χ0v) is 29.9. The number of fused-ring (bicyclic) bond motifs is 2. The molecule has 13 nitrogen and oxygen atoms in total. The number of nitrogens with zero attached hydrogens (tertiary/aromatic N) is 8. The fraction of sp³-hybridized carbons (Fsp3) is 0.410. The molecule has 0 atom stereocenters. The summed E-state index contributed by atoms with van der Waals surface area (Å²) in [6.45, 7) is 9.16. The fourth-order valence-electron chi connectivity index (χ4n) is 7.09. The van der Waals surface area contributed by atoms with Crippen molar-refractivity contribution in [1.29, 1.82) is 0 Å². The van der Waals surface area contributed by atoms with Gasteiger partial charge in [0, 0.05) is 75.2 Å². The maximum atomic E-state index is 12.4. The van der Waals surface area contributed by atoms with E-state index in [2.05, 4.69) is 77.7 Å². The number of H-pyrrole nitrogens is 2. The van der Waals surface area contributed by atoms with Gasteiger partial charge in [0.25, 0.3) is 0 Å². The second-order valence-electron chi connectivity index (χ2n) is 14.0. The number of benzene rings is 3. The van der Waals surface area contributed by atoms with E-state index in [0.29, 0.717) is 26.0 Å². The third kappa shape index (κ3) is 8.11. The Morgan fingerprint density at radius 2 is 1.60 bits per heavy atom. The molecule has 0 aliphatic carbocycles. The van der Waals surface area contributed by atoms with Gasteiger partial charge in [-0.3, -0.25) is 14.4 Å². The number of ether oxygens (including phenoxy) is 1. The molecule has 2 saturated heterocycles. The third-order valence-corrected chi connectivity index (χ3v) is 10.1. The summed E-state index contributed by atoms with van der Waals surface area (Å²) in [6.07, 6.45) is 6.40. The quantitative estimate of drug-likeness (QED) is 0.133. The van der Waals surface area contributed by atoms with Crippen LogP contribution in [0.2, 0.25) is 0 Å². The summed E-state index contributed by atoms with van der Waals surface area (Å²) in [6, 6.07) is 20.6. The van der Waals surface area contributed by atoms with Crippen LogP contribution in [0.25, 0.3) is 44.8 Å². The summed E-state index contributed by atoms with van der Waals surface area (Å²) in [7, 11) is 2.18. The molecule has 2 aliphatic rings. The van der Waals surface area contributed by atoms with Crippen molar-refractivity contribution in [2.24, 2.45) is 0 Å². The van der Waals surface area contributed by atoms with Gasteiger partial charge in [0.05, 0.1) is 34.4 Å². The lowest BCUT2D eigenvalue weighted by Gasteiger charge is -2.34. The average Bonchev–Trinajstić information content (AvgIpc) is 3.99. The van der Waals surface area contributed by atoms with Crippen LogP contribution in [0.3, 0.4) is 0 Å². The van der Waals surface area contributed by atoms with Crippen LogP contribution in [-0.4, -0.2) is 110 Å². The second kappa shape index (κ2) is 15.5. The molecule has 0 unspecified atom stereocenters. The molecule has 2 fully saturated rings. The molecule has 2 aliphatic heterocycles. The summed E-state index contributed by atoms with van der Waals surface area (Å²) >= 11 is 0. The molecule has 0 saturated carbocycles. The molecule has 0 bridgehead atoms. The molecule has 0 radical (unpaired) electrons. The third-order valence-electron chi connectivity index (χ3n) is 10.1. The lowest BCUT2D eigenvalue weighted by atomic mass is 10.2. The predicted molar refractivity (Wildman–Crippen MR) is 203 cm³/mol.